The van der Waals surface area contributed by atoms with Crippen LogP contribution in [0.2, 0.25) is 0 Å². The fraction of sp³-hybridized carbons (Fsp3) is 0.857. The highest BCUT2D eigenvalue weighted by atomic mass is 16.6. The molecule has 2 amide bonds. The average molecular weight is 288 g/mol. The number of amides is 2. The Morgan fingerprint density at radius 2 is 1.80 bits per heavy atom. The van der Waals surface area contributed by atoms with Crippen LogP contribution in [0.1, 0.15) is 48.5 Å². The van der Waals surface area contributed by atoms with E-state index in [4.69, 9.17) is 4.74 Å². The summed E-state index contributed by atoms with van der Waals surface area (Å²) >= 11 is 0. The molecule has 0 aliphatic carbocycles. The van der Waals surface area contributed by atoms with E-state index in [0.717, 1.165) is 0 Å². The third-order valence-electron chi connectivity index (χ3n) is 2.58. The first kappa shape index (κ1) is 18.7. The van der Waals surface area contributed by atoms with Crippen molar-refractivity contribution in [2.24, 2.45) is 0 Å². The second kappa shape index (κ2) is 6.92. The van der Waals surface area contributed by atoms with Crippen molar-refractivity contribution in [3.05, 3.63) is 0 Å². The van der Waals surface area contributed by atoms with Crippen LogP contribution in [0.3, 0.4) is 0 Å². The Hall–Kier alpha value is -1.30. The summed E-state index contributed by atoms with van der Waals surface area (Å²) in [5.41, 5.74) is -1.69. The first-order valence-electron chi connectivity index (χ1n) is 6.99. The third kappa shape index (κ3) is 6.23. The number of rotatable bonds is 1. The van der Waals surface area contributed by atoms with Crippen LogP contribution in [0, 0.1) is 0 Å². The summed E-state index contributed by atoms with van der Waals surface area (Å²) in [6.45, 7) is 12.7. The minimum absolute atomic E-state index is 0.0402. The molecule has 20 heavy (non-hydrogen) atoms. The predicted octanol–water partition coefficient (Wildman–Crippen LogP) is 1.52. The number of carbonyl (C=O) groups is 2. The van der Waals surface area contributed by atoms with E-state index in [1.54, 1.807) is 34.6 Å². The fourth-order valence-corrected chi connectivity index (χ4v) is 1.61. The van der Waals surface area contributed by atoms with E-state index in [2.05, 4.69) is 5.32 Å². The quantitative estimate of drug-likeness (QED) is 0.767. The number of aliphatic hydroxyl groups is 1. The van der Waals surface area contributed by atoms with Crippen LogP contribution in [-0.2, 0) is 9.53 Å². The molecule has 1 unspecified atom stereocenters. The fourth-order valence-electron chi connectivity index (χ4n) is 1.61. The molecule has 2 N–H and O–H groups in total. The Labute approximate surface area is 121 Å². The Morgan fingerprint density at radius 3 is 2.20 bits per heavy atom. The standard InChI is InChI=1S/C12H22N2O4.C2H6/c1-11(2,3)18-10(16)14-6-8(12(4,5)17)13-9(15)7-14;1-2/h8,17H,6-7H2,1-5H3,(H,13,15);1-2H3. The van der Waals surface area contributed by atoms with Crippen molar-refractivity contribution in [2.45, 2.75) is 65.7 Å². The Bertz CT molecular complexity index is 342. The van der Waals surface area contributed by atoms with Gasteiger partial charge in [0.25, 0.3) is 0 Å². The average Bonchev–Trinajstić information content (AvgIpc) is 2.27. The van der Waals surface area contributed by atoms with Gasteiger partial charge in [-0.1, -0.05) is 13.8 Å². The van der Waals surface area contributed by atoms with Gasteiger partial charge in [-0.25, -0.2) is 4.79 Å². The van der Waals surface area contributed by atoms with Gasteiger partial charge >= 0.3 is 6.09 Å². The van der Waals surface area contributed by atoms with E-state index in [9.17, 15) is 14.7 Å². The van der Waals surface area contributed by atoms with Crippen molar-refractivity contribution >= 4 is 12.0 Å². The maximum atomic E-state index is 11.9. The van der Waals surface area contributed by atoms with Crippen molar-refractivity contribution in [3.63, 3.8) is 0 Å². The Balaban J connectivity index is 0.00000172. The third-order valence-corrected chi connectivity index (χ3v) is 2.58. The summed E-state index contributed by atoms with van der Waals surface area (Å²) in [7, 11) is 0. The lowest BCUT2D eigenvalue weighted by Crippen LogP contribution is -2.63. The molecular formula is C14H28N2O4. The molecule has 1 fully saturated rings. The topological polar surface area (TPSA) is 78.9 Å². The number of hydrogen-bond acceptors (Lipinski definition) is 4. The Morgan fingerprint density at radius 1 is 1.30 bits per heavy atom. The molecule has 1 aliphatic heterocycles. The number of piperazine rings is 1. The van der Waals surface area contributed by atoms with Crippen LogP contribution in [0.4, 0.5) is 4.79 Å². The minimum atomic E-state index is -1.09. The molecule has 1 atom stereocenters. The zero-order chi connectivity index (χ0) is 16.1. The van der Waals surface area contributed by atoms with Crippen molar-refractivity contribution in [1.29, 1.82) is 0 Å². The molecule has 1 aliphatic rings. The van der Waals surface area contributed by atoms with Crippen LogP contribution in [0.5, 0.6) is 0 Å². The maximum absolute atomic E-state index is 11.9. The van der Waals surface area contributed by atoms with Gasteiger partial charge in [-0.2, -0.15) is 0 Å². The minimum Gasteiger partial charge on any atom is -0.444 e. The zero-order valence-electron chi connectivity index (χ0n) is 13.6. The molecule has 0 saturated carbocycles. The second-order valence-electron chi connectivity index (χ2n) is 6.13. The van der Waals surface area contributed by atoms with E-state index < -0.39 is 23.3 Å². The number of nitrogens with zero attached hydrogens (tertiary/aromatic N) is 1. The van der Waals surface area contributed by atoms with Gasteiger partial charge in [0.05, 0.1) is 11.6 Å². The first-order chi connectivity index (χ1) is 8.99. The number of carbonyl (C=O) groups excluding carboxylic acids is 2. The van der Waals surface area contributed by atoms with Crippen LogP contribution >= 0.6 is 0 Å². The lowest BCUT2D eigenvalue weighted by atomic mass is 9.97. The summed E-state index contributed by atoms with van der Waals surface area (Å²) in [5.74, 6) is -0.292. The molecule has 6 heteroatoms. The molecule has 1 rings (SSSR count). The van der Waals surface area contributed by atoms with E-state index >= 15 is 0 Å². The molecule has 0 aromatic carbocycles. The van der Waals surface area contributed by atoms with Gasteiger partial charge < -0.3 is 15.2 Å². The molecule has 0 radical (unpaired) electrons. The van der Waals surface area contributed by atoms with E-state index in [1.807, 2.05) is 13.8 Å². The monoisotopic (exact) mass is 288 g/mol. The van der Waals surface area contributed by atoms with Gasteiger partial charge in [-0.3, -0.25) is 9.69 Å². The molecule has 118 valence electrons. The highest BCUT2D eigenvalue weighted by Crippen LogP contribution is 2.16. The number of hydrogen-bond donors (Lipinski definition) is 2. The zero-order valence-corrected chi connectivity index (χ0v) is 13.6. The molecular weight excluding hydrogens is 260 g/mol. The van der Waals surface area contributed by atoms with Gasteiger partial charge in [-0.15, -0.1) is 0 Å². The lowest BCUT2D eigenvalue weighted by Gasteiger charge is -2.39. The van der Waals surface area contributed by atoms with Crippen molar-refractivity contribution in [2.75, 3.05) is 13.1 Å². The lowest BCUT2D eigenvalue weighted by molar-refractivity contribution is -0.129. The Kier molecular flexibility index (Phi) is 6.47. The molecule has 1 saturated heterocycles. The highest BCUT2D eigenvalue weighted by molar-refractivity contribution is 5.84. The van der Waals surface area contributed by atoms with E-state index in [1.165, 1.54) is 4.90 Å². The van der Waals surface area contributed by atoms with Crippen LogP contribution in [0.25, 0.3) is 0 Å². The maximum Gasteiger partial charge on any atom is 0.410 e. The second-order valence-corrected chi connectivity index (χ2v) is 6.13. The summed E-state index contributed by atoms with van der Waals surface area (Å²) in [6, 6.07) is -0.494. The molecule has 0 spiro atoms. The van der Waals surface area contributed by atoms with Gasteiger partial charge in [0.1, 0.15) is 12.1 Å². The molecule has 0 bridgehead atoms. The SMILES string of the molecule is CC.CC(C)(C)OC(=O)N1CC(=O)NC(C(C)(C)O)C1. The van der Waals surface area contributed by atoms with Crippen LogP contribution in [0.15, 0.2) is 0 Å². The molecule has 1 heterocycles. The summed E-state index contributed by atoms with van der Waals surface area (Å²) in [5, 5.41) is 12.6. The predicted molar refractivity (Wildman–Crippen MR) is 77.4 cm³/mol. The first-order valence-corrected chi connectivity index (χ1v) is 6.99. The van der Waals surface area contributed by atoms with Crippen molar-refractivity contribution in [3.8, 4) is 0 Å². The number of nitrogens with one attached hydrogen (secondary N) is 1. The van der Waals surface area contributed by atoms with Crippen molar-refractivity contribution < 1.29 is 19.4 Å². The summed E-state index contributed by atoms with van der Waals surface area (Å²) in [6.07, 6.45) is -0.536. The largest absolute Gasteiger partial charge is 0.444 e. The smallest absolute Gasteiger partial charge is 0.410 e. The van der Waals surface area contributed by atoms with Crippen molar-refractivity contribution in [1.82, 2.24) is 10.2 Å². The summed E-state index contributed by atoms with van der Waals surface area (Å²) < 4.78 is 5.21. The van der Waals surface area contributed by atoms with Gasteiger partial charge in [0.2, 0.25) is 5.91 Å². The number of ether oxygens (including phenoxy) is 1. The molecule has 0 aromatic rings. The molecule has 0 aromatic heterocycles. The van der Waals surface area contributed by atoms with Gasteiger partial charge in [-0.05, 0) is 34.6 Å². The molecule has 6 nitrogen and oxygen atoms in total. The van der Waals surface area contributed by atoms with Crippen LogP contribution in [-0.4, -0.2) is 52.3 Å². The van der Waals surface area contributed by atoms with E-state index in [-0.39, 0.29) is 19.0 Å². The highest BCUT2D eigenvalue weighted by Gasteiger charge is 2.37. The summed E-state index contributed by atoms with van der Waals surface area (Å²) in [4.78, 5) is 24.7. The van der Waals surface area contributed by atoms with Gasteiger partial charge in [0, 0.05) is 6.54 Å². The normalized spacial score (nSPS) is 19.7. The van der Waals surface area contributed by atoms with Crippen LogP contribution < -0.4 is 5.32 Å². The van der Waals surface area contributed by atoms with E-state index in [0.29, 0.717) is 0 Å². The van der Waals surface area contributed by atoms with Gasteiger partial charge in [0.15, 0.2) is 0 Å².